The summed E-state index contributed by atoms with van der Waals surface area (Å²) < 4.78 is 4.72. The van der Waals surface area contributed by atoms with E-state index in [9.17, 15) is 0 Å². The van der Waals surface area contributed by atoms with Crippen molar-refractivity contribution in [1.29, 1.82) is 0 Å². The first-order chi connectivity index (χ1) is 19.8. The van der Waals surface area contributed by atoms with Crippen molar-refractivity contribution < 1.29 is 0 Å². The van der Waals surface area contributed by atoms with E-state index in [0.717, 1.165) is 29.9 Å². The van der Waals surface area contributed by atoms with Crippen molar-refractivity contribution in [3.05, 3.63) is 132 Å². The van der Waals surface area contributed by atoms with E-state index >= 15 is 0 Å². The molecule has 7 aromatic rings. The number of rotatable bonds is 4. The van der Waals surface area contributed by atoms with Gasteiger partial charge in [0.05, 0.1) is 5.52 Å². The third-order valence-corrected chi connectivity index (χ3v) is 8.32. The van der Waals surface area contributed by atoms with Crippen LogP contribution >= 0.6 is 0 Å². The van der Waals surface area contributed by atoms with Gasteiger partial charge < -0.3 is 14.0 Å². The summed E-state index contributed by atoms with van der Waals surface area (Å²) in [5.74, 6) is 0. The van der Waals surface area contributed by atoms with Gasteiger partial charge in [-0.3, -0.25) is 0 Å². The van der Waals surface area contributed by atoms with Gasteiger partial charge in [-0.1, -0.05) is 72.8 Å². The van der Waals surface area contributed by atoms with Crippen LogP contribution in [-0.2, 0) is 7.05 Å². The molecule has 192 valence electrons. The van der Waals surface area contributed by atoms with Crippen LogP contribution in [0.25, 0.3) is 50.5 Å². The molecule has 3 heteroatoms. The molecule has 0 spiro atoms. The van der Waals surface area contributed by atoms with Gasteiger partial charge in [-0.05, 0) is 73.5 Å². The van der Waals surface area contributed by atoms with E-state index in [-0.39, 0.29) is 0 Å². The van der Waals surface area contributed by atoms with Crippen LogP contribution in [0, 0.1) is 0 Å². The van der Waals surface area contributed by atoms with Gasteiger partial charge in [0.2, 0.25) is 0 Å². The lowest BCUT2D eigenvalue weighted by atomic mass is 10.1. The monoisotopic (exact) mass is 515 g/mol. The summed E-state index contributed by atoms with van der Waals surface area (Å²) in [7, 11) is 2.15. The molecule has 2 heterocycles. The Bertz CT molecular complexity index is 2170. The summed E-state index contributed by atoms with van der Waals surface area (Å²) in [6.45, 7) is 0. The van der Waals surface area contributed by atoms with Crippen molar-refractivity contribution in [2.75, 3.05) is 4.90 Å². The third kappa shape index (κ3) is 3.44. The standard InChI is InChI=1S/C37H29N3/c1-38-34-18-10-8-17-31(34)33-24-28(21-23-35(33)38)39(26-12-4-2-5-13-26)29-20-22-32-30-16-9-11-19-36(30)40(37(32)25-29)27-14-6-3-7-15-27/h2-8,10,12-25H,9,11H2,1H3. The van der Waals surface area contributed by atoms with Gasteiger partial charge >= 0.3 is 0 Å². The maximum absolute atomic E-state index is 2.43. The van der Waals surface area contributed by atoms with Crippen molar-refractivity contribution in [2.24, 2.45) is 7.05 Å². The van der Waals surface area contributed by atoms with Gasteiger partial charge in [0, 0.05) is 67.6 Å². The molecule has 0 atom stereocenters. The molecule has 1 aliphatic carbocycles. The highest BCUT2D eigenvalue weighted by Crippen LogP contribution is 2.39. The number of nitrogens with zero attached hydrogens (tertiary/aromatic N) is 3. The third-order valence-electron chi connectivity index (χ3n) is 8.32. The van der Waals surface area contributed by atoms with Gasteiger partial charge in [0.25, 0.3) is 0 Å². The van der Waals surface area contributed by atoms with Crippen LogP contribution in [0.1, 0.15) is 12.8 Å². The Balaban J connectivity index is 1.40. The average Bonchev–Trinajstić information content (AvgIpc) is 3.50. The number of benzene rings is 5. The number of hydrogen-bond acceptors (Lipinski definition) is 1. The van der Waals surface area contributed by atoms with Gasteiger partial charge in [-0.15, -0.1) is 0 Å². The lowest BCUT2D eigenvalue weighted by molar-refractivity contribution is 1.01. The summed E-state index contributed by atoms with van der Waals surface area (Å²) >= 11 is 0. The minimum atomic E-state index is 1.07. The number of hydrogen-bond donors (Lipinski definition) is 0. The first-order valence-corrected chi connectivity index (χ1v) is 14.0. The Morgan fingerprint density at radius 2 is 1.20 bits per heavy atom. The fourth-order valence-corrected chi connectivity index (χ4v) is 6.50. The predicted molar refractivity (Wildman–Crippen MR) is 169 cm³/mol. The fourth-order valence-electron chi connectivity index (χ4n) is 6.50. The Morgan fingerprint density at radius 3 is 2.05 bits per heavy atom. The second-order valence-electron chi connectivity index (χ2n) is 10.6. The largest absolute Gasteiger partial charge is 0.344 e. The molecule has 0 amide bonds. The second kappa shape index (κ2) is 9.03. The second-order valence-corrected chi connectivity index (χ2v) is 10.6. The lowest BCUT2D eigenvalue weighted by Gasteiger charge is -2.26. The average molecular weight is 516 g/mol. The van der Waals surface area contributed by atoms with Crippen molar-refractivity contribution in [1.82, 2.24) is 9.13 Å². The van der Waals surface area contributed by atoms with E-state index < -0.39 is 0 Å². The Labute approximate surface area is 233 Å². The molecule has 1 aliphatic rings. The van der Waals surface area contributed by atoms with Crippen molar-refractivity contribution in [3.63, 3.8) is 0 Å². The van der Waals surface area contributed by atoms with Gasteiger partial charge in [0.1, 0.15) is 0 Å². The SMILES string of the molecule is Cn1c2ccccc2c2cc(N(c3ccccc3)c3ccc4c5c(n(-c6ccccc6)c4c3)=CCCC=5)ccc21. The molecule has 5 aromatic carbocycles. The summed E-state index contributed by atoms with van der Waals surface area (Å²) in [5, 5.41) is 6.50. The van der Waals surface area contributed by atoms with Crippen molar-refractivity contribution >= 4 is 61.9 Å². The summed E-state index contributed by atoms with van der Waals surface area (Å²) in [4.78, 5) is 2.38. The molecule has 3 nitrogen and oxygen atoms in total. The molecular formula is C37H29N3. The fraction of sp³-hybridized carbons (Fsp3) is 0.0811. The zero-order chi connectivity index (χ0) is 26.6. The first-order valence-electron chi connectivity index (χ1n) is 14.0. The normalized spacial score (nSPS) is 12.8. The van der Waals surface area contributed by atoms with E-state index in [0.29, 0.717) is 0 Å². The van der Waals surface area contributed by atoms with Crippen LogP contribution in [0.3, 0.4) is 0 Å². The van der Waals surface area contributed by atoms with Gasteiger partial charge in [-0.2, -0.15) is 0 Å². The molecule has 0 saturated heterocycles. The molecule has 8 rings (SSSR count). The molecule has 0 aliphatic heterocycles. The Hall–Kier alpha value is -5.02. The molecule has 0 radical (unpaired) electrons. The van der Waals surface area contributed by atoms with Gasteiger partial charge in [-0.25, -0.2) is 0 Å². The van der Waals surface area contributed by atoms with Crippen LogP contribution in [-0.4, -0.2) is 9.13 Å². The number of para-hydroxylation sites is 3. The minimum Gasteiger partial charge on any atom is -0.344 e. The predicted octanol–water partition coefficient (Wildman–Crippen LogP) is 8.10. The van der Waals surface area contributed by atoms with Crippen molar-refractivity contribution in [2.45, 2.75) is 12.8 Å². The number of aryl methyl sites for hydroxylation is 1. The first kappa shape index (κ1) is 22.9. The molecule has 0 unspecified atom stereocenters. The van der Waals surface area contributed by atoms with Crippen LogP contribution < -0.4 is 15.5 Å². The number of aromatic nitrogens is 2. The molecule has 0 saturated carbocycles. The molecule has 40 heavy (non-hydrogen) atoms. The van der Waals surface area contributed by atoms with E-state index in [2.05, 4.69) is 155 Å². The topological polar surface area (TPSA) is 13.1 Å². The van der Waals surface area contributed by atoms with Crippen molar-refractivity contribution in [3.8, 4) is 5.69 Å². The number of anilines is 3. The molecular weight excluding hydrogens is 486 g/mol. The summed E-state index contributed by atoms with van der Waals surface area (Å²) in [6, 6.07) is 43.9. The zero-order valence-corrected chi connectivity index (χ0v) is 22.5. The van der Waals surface area contributed by atoms with E-state index in [1.165, 1.54) is 49.0 Å². The van der Waals surface area contributed by atoms with E-state index in [1.54, 1.807) is 0 Å². The highest BCUT2D eigenvalue weighted by Gasteiger charge is 2.18. The quantitative estimate of drug-likeness (QED) is 0.231. The molecule has 0 bridgehead atoms. The van der Waals surface area contributed by atoms with Gasteiger partial charge in [0.15, 0.2) is 0 Å². The highest BCUT2D eigenvalue weighted by molar-refractivity contribution is 6.09. The number of fused-ring (bicyclic) bond motifs is 6. The molecule has 0 fully saturated rings. The zero-order valence-electron chi connectivity index (χ0n) is 22.5. The smallest absolute Gasteiger partial charge is 0.0561 e. The highest BCUT2D eigenvalue weighted by atomic mass is 15.1. The van der Waals surface area contributed by atoms with E-state index in [4.69, 9.17) is 0 Å². The summed E-state index contributed by atoms with van der Waals surface area (Å²) in [6.07, 6.45) is 6.96. The van der Waals surface area contributed by atoms with Crippen LogP contribution in [0.5, 0.6) is 0 Å². The maximum atomic E-state index is 2.43. The molecule has 2 aromatic heterocycles. The lowest BCUT2D eigenvalue weighted by Crippen LogP contribution is -2.30. The van der Waals surface area contributed by atoms with Crippen LogP contribution in [0.15, 0.2) is 121 Å². The van der Waals surface area contributed by atoms with Crippen LogP contribution in [0.2, 0.25) is 0 Å². The minimum absolute atomic E-state index is 1.07. The molecule has 0 N–H and O–H groups in total. The maximum Gasteiger partial charge on any atom is 0.0561 e. The van der Waals surface area contributed by atoms with Crippen LogP contribution in [0.4, 0.5) is 17.1 Å². The summed E-state index contributed by atoms with van der Waals surface area (Å²) in [5.41, 5.74) is 8.35. The Kier molecular flexibility index (Phi) is 5.17. The Morgan fingerprint density at radius 1 is 0.525 bits per heavy atom. The van der Waals surface area contributed by atoms with E-state index in [1.807, 2.05) is 0 Å².